The molecule has 1 aliphatic rings. The average molecular weight is 421 g/mol. The summed E-state index contributed by atoms with van der Waals surface area (Å²) < 4.78 is 26.0. The Morgan fingerprint density at radius 1 is 1.14 bits per heavy atom. The van der Waals surface area contributed by atoms with Gasteiger partial charge in [-0.25, -0.2) is 12.7 Å². The summed E-state index contributed by atoms with van der Waals surface area (Å²) in [5, 5.41) is 6.75. The maximum atomic E-state index is 12.2. The van der Waals surface area contributed by atoms with Crippen molar-refractivity contribution in [3.05, 3.63) is 52.9 Å². The Morgan fingerprint density at radius 3 is 2.43 bits per heavy atom. The van der Waals surface area contributed by atoms with Crippen LogP contribution in [0.15, 0.2) is 51.7 Å². The zero-order chi connectivity index (χ0) is 20.2. The molecule has 152 valence electrons. The molecular formula is C20H28N4O2S2. The first kappa shape index (κ1) is 20.8. The van der Waals surface area contributed by atoms with E-state index in [4.69, 9.17) is 0 Å². The normalized spacial score (nSPS) is 16.6. The lowest BCUT2D eigenvalue weighted by atomic mass is 9.64. The maximum absolute atomic E-state index is 12.2. The number of nitrogens with zero attached hydrogens (tertiary/aromatic N) is 2. The molecule has 28 heavy (non-hydrogen) atoms. The minimum Gasteiger partial charge on any atom is -0.356 e. The monoisotopic (exact) mass is 420 g/mol. The Hall–Kier alpha value is -1.90. The van der Waals surface area contributed by atoms with Crippen LogP contribution in [0.1, 0.15) is 29.7 Å². The molecule has 1 aliphatic carbocycles. The van der Waals surface area contributed by atoms with Crippen molar-refractivity contribution in [1.29, 1.82) is 0 Å². The second-order valence-corrected chi connectivity index (χ2v) is 10.8. The van der Waals surface area contributed by atoms with Gasteiger partial charge in [-0.2, -0.15) is 0 Å². The maximum Gasteiger partial charge on any atom is 0.252 e. The minimum atomic E-state index is -3.38. The highest BCUT2D eigenvalue weighted by molar-refractivity contribution is 7.91. The van der Waals surface area contributed by atoms with Crippen molar-refractivity contribution in [3.63, 3.8) is 0 Å². The van der Waals surface area contributed by atoms with E-state index in [2.05, 4.69) is 46.0 Å². The summed E-state index contributed by atoms with van der Waals surface area (Å²) in [5.74, 6) is 0.729. The van der Waals surface area contributed by atoms with Gasteiger partial charge in [0.1, 0.15) is 4.21 Å². The summed E-state index contributed by atoms with van der Waals surface area (Å²) in [6.45, 7) is 1.37. The highest BCUT2D eigenvalue weighted by Gasteiger charge is 2.38. The molecule has 0 unspecified atom stereocenters. The van der Waals surface area contributed by atoms with E-state index in [1.54, 1.807) is 27.2 Å². The van der Waals surface area contributed by atoms with Gasteiger partial charge in [-0.3, -0.25) is 4.99 Å². The van der Waals surface area contributed by atoms with Crippen molar-refractivity contribution in [2.75, 3.05) is 27.7 Å². The van der Waals surface area contributed by atoms with E-state index < -0.39 is 10.0 Å². The quantitative estimate of drug-likeness (QED) is 0.534. The molecule has 1 aromatic heterocycles. The topological polar surface area (TPSA) is 73.8 Å². The van der Waals surface area contributed by atoms with Gasteiger partial charge in [0, 0.05) is 38.0 Å². The molecule has 6 nitrogen and oxygen atoms in total. The number of thiophene rings is 1. The summed E-state index contributed by atoms with van der Waals surface area (Å²) in [5.41, 5.74) is 1.55. The molecule has 0 saturated heterocycles. The first-order valence-electron chi connectivity index (χ1n) is 9.39. The van der Waals surface area contributed by atoms with Crippen LogP contribution in [-0.4, -0.2) is 46.4 Å². The van der Waals surface area contributed by atoms with E-state index in [9.17, 15) is 8.42 Å². The summed E-state index contributed by atoms with van der Waals surface area (Å²) in [4.78, 5) is 5.26. The molecule has 0 amide bonds. The third-order valence-corrected chi connectivity index (χ3v) is 8.68. The van der Waals surface area contributed by atoms with Gasteiger partial charge < -0.3 is 10.6 Å². The molecule has 8 heteroatoms. The number of nitrogens with one attached hydrogen (secondary N) is 2. The molecule has 1 fully saturated rings. The molecule has 3 rings (SSSR count). The van der Waals surface area contributed by atoms with E-state index in [0.717, 1.165) is 17.4 Å². The van der Waals surface area contributed by atoms with E-state index in [0.29, 0.717) is 10.8 Å². The number of guanidine groups is 1. The van der Waals surface area contributed by atoms with Crippen LogP contribution in [0.5, 0.6) is 0 Å². The van der Waals surface area contributed by atoms with Crippen molar-refractivity contribution in [2.45, 2.75) is 35.4 Å². The standard InChI is InChI=1S/C20H28N4O2S2/c1-21-19(22-14-17-10-11-18(27-17)28(25,26)24(2)3)23-15-20(12-7-13-20)16-8-5-4-6-9-16/h4-6,8-11H,7,12-15H2,1-3H3,(H2,21,22,23). The average Bonchev–Trinajstić information content (AvgIpc) is 3.14. The number of sulfonamides is 1. The first-order valence-corrected chi connectivity index (χ1v) is 11.6. The van der Waals surface area contributed by atoms with Gasteiger partial charge in [-0.05, 0) is 30.5 Å². The Morgan fingerprint density at radius 2 is 1.86 bits per heavy atom. The van der Waals surface area contributed by atoms with Crippen LogP contribution in [0.2, 0.25) is 0 Å². The van der Waals surface area contributed by atoms with Crippen molar-refractivity contribution in [2.24, 2.45) is 4.99 Å². The van der Waals surface area contributed by atoms with Crippen LogP contribution in [0.25, 0.3) is 0 Å². The predicted octanol–water partition coefficient (Wildman–Crippen LogP) is 2.79. The smallest absolute Gasteiger partial charge is 0.252 e. The lowest BCUT2D eigenvalue weighted by Crippen LogP contribution is -2.48. The van der Waals surface area contributed by atoms with Gasteiger partial charge in [0.05, 0.1) is 6.54 Å². The van der Waals surface area contributed by atoms with Crippen LogP contribution >= 0.6 is 11.3 Å². The fourth-order valence-corrected chi connectivity index (χ4v) is 5.84. The van der Waals surface area contributed by atoms with Crippen LogP contribution in [0.4, 0.5) is 0 Å². The van der Waals surface area contributed by atoms with Crippen molar-refractivity contribution >= 4 is 27.3 Å². The molecule has 0 spiro atoms. The Balaban J connectivity index is 1.58. The molecule has 1 saturated carbocycles. The lowest BCUT2D eigenvalue weighted by Gasteiger charge is -2.43. The summed E-state index contributed by atoms with van der Waals surface area (Å²) >= 11 is 1.28. The molecule has 0 radical (unpaired) electrons. The molecule has 2 aromatic rings. The second kappa shape index (κ2) is 8.63. The summed E-state index contributed by atoms with van der Waals surface area (Å²) in [6.07, 6.45) is 3.61. The molecule has 2 N–H and O–H groups in total. The largest absolute Gasteiger partial charge is 0.356 e. The number of benzene rings is 1. The number of hydrogen-bond acceptors (Lipinski definition) is 4. The zero-order valence-corrected chi connectivity index (χ0v) is 18.2. The molecule has 1 heterocycles. The molecule has 0 aliphatic heterocycles. The first-order chi connectivity index (χ1) is 13.4. The van der Waals surface area contributed by atoms with Crippen LogP contribution in [-0.2, 0) is 22.0 Å². The summed E-state index contributed by atoms with van der Waals surface area (Å²) in [7, 11) is 1.46. The van der Waals surface area contributed by atoms with Crippen LogP contribution in [0, 0.1) is 0 Å². The predicted molar refractivity (Wildman–Crippen MR) is 115 cm³/mol. The van der Waals surface area contributed by atoms with E-state index in [-0.39, 0.29) is 5.41 Å². The second-order valence-electron chi connectivity index (χ2n) is 7.29. The van der Waals surface area contributed by atoms with E-state index >= 15 is 0 Å². The van der Waals surface area contributed by atoms with Gasteiger partial charge in [-0.1, -0.05) is 36.8 Å². The van der Waals surface area contributed by atoms with Crippen molar-refractivity contribution in [1.82, 2.24) is 14.9 Å². The van der Waals surface area contributed by atoms with Crippen molar-refractivity contribution < 1.29 is 8.42 Å². The van der Waals surface area contributed by atoms with Gasteiger partial charge in [0.25, 0.3) is 10.0 Å². The number of rotatable bonds is 7. The van der Waals surface area contributed by atoms with Crippen LogP contribution < -0.4 is 10.6 Å². The third kappa shape index (κ3) is 4.39. The van der Waals surface area contributed by atoms with E-state index in [1.165, 1.54) is 40.5 Å². The molecule has 0 atom stereocenters. The van der Waals surface area contributed by atoms with Gasteiger partial charge in [-0.15, -0.1) is 11.3 Å². The third-order valence-electron chi connectivity index (χ3n) is 5.32. The van der Waals surface area contributed by atoms with Crippen LogP contribution in [0.3, 0.4) is 0 Å². The lowest BCUT2D eigenvalue weighted by molar-refractivity contribution is 0.244. The van der Waals surface area contributed by atoms with Gasteiger partial charge in [0.15, 0.2) is 5.96 Å². The minimum absolute atomic E-state index is 0.175. The van der Waals surface area contributed by atoms with E-state index in [1.807, 2.05) is 6.07 Å². The fraction of sp³-hybridized carbons (Fsp3) is 0.450. The highest BCUT2D eigenvalue weighted by atomic mass is 32.2. The Kier molecular flexibility index (Phi) is 6.42. The number of hydrogen-bond donors (Lipinski definition) is 2. The SMILES string of the molecule is CN=C(NCc1ccc(S(=O)(=O)N(C)C)s1)NCC1(c2ccccc2)CCC1. The molecular weight excluding hydrogens is 392 g/mol. The molecule has 1 aromatic carbocycles. The Bertz CT molecular complexity index is 917. The number of aliphatic imine (C=N–C) groups is 1. The highest BCUT2D eigenvalue weighted by Crippen LogP contribution is 2.43. The summed E-state index contributed by atoms with van der Waals surface area (Å²) in [6, 6.07) is 14.2. The zero-order valence-electron chi connectivity index (χ0n) is 16.6. The van der Waals surface area contributed by atoms with Gasteiger partial charge in [0.2, 0.25) is 0 Å². The van der Waals surface area contributed by atoms with Gasteiger partial charge >= 0.3 is 0 Å². The fourth-order valence-electron chi connectivity index (χ4n) is 3.38. The molecule has 0 bridgehead atoms. The van der Waals surface area contributed by atoms with Crippen molar-refractivity contribution in [3.8, 4) is 0 Å². The Labute approximate surface area is 171 Å².